The lowest BCUT2D eigenvalue weighted by molar-refractivity contribution is -0.0767. The van der Waals surface area contributed by atoms with Gasteiger partial charge >= 0.3 is 0 Å². The zero-order chi connectivity index (χ0) is 11.8. The van der Waals surface area contributed by atoms with Crippen molar-refractivity contribution in [2.75, 3.05) is 7.11 Å². The lowest BCUT2D eigenvalue weighted by Crippen LogP contribution is -2.39. The van der Waals surface area contributed by atoms with Crippen molar-refractivity contribution >= 4 is 16.3 Å². The summed E-state index contributed by atoms with van der Waals surface area (Å²) in [5, 5.41) is 12.0. The Morgan fingerprint density at radius 1 is 1.62 bits per heavy atom. The van der Waals surface area contributed by atoms with E-state index < -0.39 is 11.7 Å². The average Bonchev–Trinajstić information content (AvgIpc) is 2.77. The molecule has 0 spiro atoms. The molecule has 1 unspecified atom stereocenters. The number of imidazole rings is 1. The number of ether oxygens (including phenoxy) is 1. The molecule has 2 aromatic heterocycles. The highest BCUT2D eigenvalue weighted by Gasteiger charge is 2.28. The molecule has 88 valence electrons. The molecule has 1 N–H and O–H groups in total. The number of nitrogens with zero attached hydrogens (tertiary/aromatic N) is 2. The Balaban J connectivity index is 2.13. The highest BCUT2D eigenvalue weighted by molar-refractivity contribution is 7.15. The van der Waals surface area contributed by atoms with Gasteiger partial charge in [0, 0.05) is 31.3 Å². The van der Waals surface area contributed by atoms with Gasteiger partial charge in [0.2, 0.25) is 0 Å². The van der Waals surface area contributed by atoms with Crippen molar-refractivity contribution in [2.24, 2.45) is 0 Å². The molecule has 0 amide bonds. The second-order valence-corrected chi connectivity index (χ2v) is 5.23. The Labute approximate surface area is 98.5 Å². The van der Waals surface area contributed by atoms with Gasteiger partial charge in [0.05, 0.1) is 17.4 Å². The maximum Gasteiger partial charge on any atom is 0.193 e. The van der Waals surface area contributed by atoms with E-state index in [1.54, 1.807) is 18.4 Å². The summed E-state index contributed by atoms with van der Waals surface area (Å²) in [6.07, 6.45) is 3.86. The van der Waals surface area contributed by atoms with Gasteiger partial charge in [0.1, 0.15) is 0 Å². The van der Waals surface area contributed by atoms with E-state index in [2.05, 4.69) is 4.98 Å². The van der Waals surface area contributed by atoms with Crippen LogP contribution in [-0.2, 0) is 11.2 Å². The van der Waals surface area contributed by atoms with Crippen LogP contribution >= 0.6 is 11.3 Å². The van der Waals surface area contributed by atoms with Gasteiger partial charge in [-0.3, -0.25) is 4.40 Å². The van der Waals surface area contributed by atoms with Crippen molar-refractivity contribution in [3.05, 3.63) is 23.5 Å². The predicted molar refractivity (Wildman–Crippen MR) is 63.9 cm³/mol. The Morgan fingerprint density at radius 3 is 3.00 bits per heavy atom. The minimum Gasteiger partial charge on any atom is -0.390 e. The first-order valence-electron chi connectivity index (χ1n) is 5.17. The molecule has 2 aromatic rings. The van der Waals surface area contributed by atoms with Crippen LogP contribution in [0.4, 0.5) is 0 Å². The third-order valence-electron chi connectivity index (χ3n) is 2.87. The Hall–Kier alpha value is -0.910. The fourth-order valence-corrected chi connectivity index (χ4v) is 2.17. The third-order valence-corrected chi connectivity index (χ3v) is 3.64. The largest absolute Gasteiger partial charge is 0.390 e. The zero-order valence-corrected chi connectivity index (χ0v) is 10.5. The number of aromatic nitrogens is 2. The number of rotatable bonds is 4. The quantitative estimate of drug-likeness (QED) is 0.885. The molecule has 0 saturated heterocycles. The standard InChI is InChI=1S/C11H16N2O2S/c1-11(2,15-3)9(14)6-8-7-13-4-5-16-10(13)12-8/h4-5,7,9,14H,6H2,1-3H3. The van der Waals surface area contributed by atoms with Crippen LogP contribution in [0.1, 0.15) is 19.5 Å². The van der Waals surface area contributed by atoms with Crippen molar-refractivity contribution < 1.29 is 9.84 Å². The summed E-state index contributed by atoms with van der Waals surface area (Å²) in [5.74, 6) is 0. The van der Waals surface area contributed by atoms with Crippen molar-refractivity contribution in [1.82, 2.24) is 9.38 Å². The third kappa shape index (κ3) is 2.11. The lowest BCUT2D eigenvalue weighted by Gasteiger charge is -2.28. The Morgan fingerprint density at radius 2 is 2.38 bits per heavy atom. The summed E-state index contributed by atoms with van der Waals surface area (Å²) < 4.78 is 7.21. The van der Waals surface area contributed by atoms with E-state index >= 15 is 0 Å². The monoisotopic (exact) mass is 240 g/mol. The van der Waals surface area contributed by atoms with E-state index in [1.165, 1.54) is 0 Å². The maximum absolute atomic E-state index is 10.0. The first-order valence-corrected chi connectivity index (χ1v) is 6.05. The second kappa shape index (κ2) is 4.16. The van der Waals surface area contributed by atoms with Crippen molar-refractivity contribution in [2.45, 2.75) is 32.0 Å². The van der Waals surface area contributed by atoms with E-state index in [0.717, 1.165) is 10.7 Å². The van der Waals surface area contributed by atoms with Gasteiger partial charge < -0.3 is 9.84 Å². The van der Waals surface area contributed by atoms with E-state index in [9.17, 15) is 5.11 Å². The van der Waals surface area contributed by atoms with Gasteiger partial charge in [-0.25, -0.2) is 4.98 Å². The molecular formula is C11H16N2O2S. The molecule has 5 heteroatoms. The van der Waals surface area contributed by atoms with Gasteiger partial charge in [0.15, 0.2) is 4.96 Å². The van der Waals surface area contributed by atoms with Crippen molar-refractivity contribution in [3.63, 3.8) is 0 Å². The van der Waals surface area contributed by atoms with E-state index in [1.807, 2.05) is 36.0 Å². The van der Waals surface area contributed by atoms with Crippen LogP contribution in [0.5, 0.6) is 0 Å². The molecular weight excluding hydrogens is 224 g/mol. The van der Waals surface area contributed by atoms with Crippen molar-refractivity contribution in [1.29, 1.82) is 0 Å². The van der Waals surface area contributed by atoms with Gasteiger partial charge in [-0.1, -0.05) is 0 Å². The highest BCUT2D eigenvalue weighted by Crippen LogP contribution is 2.19. The van der Waals surface area contributed by atoms with Crippen LogP contribution in [0.2, 0.25) is 0 Å². The molecule has 4 nitrogen and oxygen atoms in total. The number of thiazole rings is 1. The first-order chi connectivity index (χ1) is 7.53. The average molecular weight is 240 g/mol. The summed E-state index contributed by atoms with van der Waals surface area (Å²) in [4.78, 5) is 5.38. The van der Waals surface area contributed by atoms with Gasteiger partial charge in [-0.15, -0.1) is 11.3 Å². The molecule has 1 atom stereocenters. The van der Waals surface area contributed by atoms with E-state index in [-0.39, 0.29) is 0 Å². The molecule has 16 heavy (non-hydrogen) atoms. The molecule has 0 aliphatic carbocycles. The minimum absolute atomic E-state index is 0.509. The predicted octanol–water partition coefficient (Wildman–Crippen LogP) is 1.72. The molecule has 2 heterocycles. The topological polar surface area (TPSA) is 46.8 Å². The van der Waals surface area contributed by atoms with Crippen LogP contribution in [0.25, 0.3) is 4.96 Å². The highest BCUT2D eigenvalue weighted by atomic mass is 32.1. The molecule has 0 radical (unpaired) electrons. The molecule has 2 rings (SSSR count). The molecule has 0 aliphatic heterocycles. The van der Waals surface area contributed by atoms with Crippen LogP contribution in [0.15, 0.2) is 17.8 Å². The summed E-state index contributed by atoms with van der Waals surface area (Å²) in [7, 11) is 1.61. The van der Waals surface area contributed by atoms with Crippen LogP contribution in [-0.4, -0.2) is 33.3 Å². The molecule has 0 aliphatic rings. The summed E-state index contributed by atoms with van der Waals surface area (Å²) in [5.41, 5.74) is 0.348. The summed E-state index contributed by atoms with van der Waals surface area (Å²) in [6, 6.07) is 0. The zero-order valence-electron chi connectivity index (χ0n) is 9.67. The molecule has 0 saturated carbocycles. The SMILES string of the molecule is COC(C)(C)C(O)Cc1cn2ccsc2n1. The maximum atomic E-state index is 10.0. The summed E-state index contributed by atoms with van der Waals surface area (Å²) >= 11 is 1.59. The first kappa shape index (κ1) is 11.6. The van der Waals surface area contributed by atoms with Crippen molar-refractivity contribution in [3.8, 4) is 0 Å². The summed E-state index contributed by atoms with van der Waals surface area (Å²) in [6.45, 7) is 3.74. The van der Waals surface area contributed by atoms with E-state index in [4.69, 9.17) is 4.74 Å². The minimum atomic E-state index is -0.554. The second-order valence-electron chi connectivity index (χ2n) is 4.35. The number of hydrogen-bond donors (Lipinski definition) is 1. The van der Waals surface area contributed by atoms with Crippen LogP contribution in [0.3, 0.4) is 0 Å². The van der Waals surface area contributed by atoms with E-state index in [0.29, 0.717) is 6.42 Å². The van der Waals surface area contributed by atoms with Crippen LogP contribution in [0, 0.1) is 0 Å². The number of methoxy groups -OCH3 is 1. The fourth-order valence-electron chi connectivity index (χ4n) is 1.45. The van der Waals surface area contributed by atoms with Gasteiger partial charge in [0.25, 0.3) is 0 Å². The Kier molecular flexibility index (Phi) is 3.01. The number of fused-ring (bicyclic) bond motifs is 1. The molecule has 0 bridgehead atoms. The van der Waals surface area contributed by atoms with Gasteiger partial charge in [-0.05, 0) is 13.8 Å². The number of aliphatic hydroxyl groups excluding tert-OH is 1. The fraction of sp³-hybridized carbons (Fsp3) is 0.545. The van der Waals surface area contributed by atoms with Gasteiger partial charge in [-0.2, -0.15) is 0 Å². The number of hydrogen-bond acceptors (Lipinski definition) is 4. The lowest BCUT2D eigenvalue weighted by atomic mass is 9.98. The normalized spacial score (nSPS) is 14.5. The smallest absolute Gasteiger partial charge is 0.193 e. The molecule has 0 aromatic carbocycles. The molecule has 0 fully saturated rings. The number of aliphatic hydroxyl groups is 1. The van der Waals surface area contributed by atoms with Crippen LogP contribution < -0.4 is 0 Å². The Bertz CT molecular complexity index is 446.